The number of rotatable bonds is 5. The number of carbonyl (C=O) groups excluding carboxylic acids is 3. The third-order valence-electron chi connectivity index (χ3n) is 4.42. The van der Waals surface area contributed by atoms with Gasteiger partial charge in [-0.2, -0.15) is 0 Å². The Morgan fingerprint density at radius 2 is 1.37 bits per heavy atom. The van der Waals surface area contributed by atoms with Crippen LogP contribution < -0.4 is 0 Å². The zero-order valence-electron chi connectivity index (χ0n) is 18.6. The summed E-state index contributed by atoms with van der Waals surface area (Å²) in [4.78, 5) is 39.3. The van der Waals surface area contributed by atoms with Crippen LogP contribution in [-0.4, -0.2) is 46.5 Å². The van der Waals surface area contributed by atoms with Crippen molar-refractivity contribution in [2.45, 2.75) is 47.1 Å². The van der Waals surface area contributed by atoms with Crippen molar-refractivity contribution in [2.24, 2.45) is 0 Å². The van der Waals surface area contributed by atoms with E-state index in [1.54, 1.807) is 43.3 Å². The molecule has 2 aromatic carbocycles. The zero-order chi connectivity index (χ0) is 22.5. The van der Waals surface area contributed by atoms with Gasteiger partial charge in [0.05, 0.1) is 12.1 Å². The zero-order valence-corrected chi connectivity index (χ0v) is 18.6. The summed E-state index contributed by atoms with van der Waals surface area (Å²) in [5, 5.41) is 2.54. The van der Waals surface area contributed by atoms with Crippen molar-refractivity contribution in [1.82, 2.24) is 10.0 Å². The molecule has 0 fully saturated rings. The highest BCUT2D eigenvalue weighted by Crippen LogP contribution is 2.23. The Labute approximate surface area is 178 Å². The Bertz CT molecular complexity index is 931. The lowest BCUT2D eigenvalue weighted by atomic mass is 10.0. The average Bonchev–Trinajstić information content (AvgIpc) is 2.66. The predicted octanol–water partition coefficient (Wildman–Crippen LogP) is 4.16. The quantitative estimate of drug-likeness (QED) is 0.548. The van der Waals surface area contributed by atoms with Gasteiger partial charge in [0.15, 0.2) is 0 Å². The first-order chi connectivity index (χ1) is 14.0. The third-order valence-corrected chi connectivity index (χ3v) is 4.42. The third kappa shape index (κ3) is 5.69. The minimum Gasteiger partial charge on any atom is -0.465 e. The van der Waals surface area contributed by atoms with Crippen LogP contribution in [-0.2, 0) is 9.53 Å². The van der Waals surface area contributed by atoms with Crippen LogP contribution in [0.25, 0.3) is 0 Å². The van der Waals surface area contributed by atoms with Crippen molar-refractivity contribution in [3.8, 4) is 0 Å². The fourth-order valence-electron chi connectivity index (χ4n) is 3.17. The van der Waals surface area contributed by atoms with Crippen LogP contribution in [0.2, 0.25) is 0 Å². The summed E-state index contributed by atoms with van der Waals surface area (Å²) in [5.41, 5.74) is 1.90. The molecule has 2 aromatic rings. The number of benzene rings is 2. The molecule has 30 heavy (non-hydrogen) atoms. The molecule has 0 aromatic heterocycles. The topological polar surface area (TPSA) is 66.9 Å². The number of carbonyl (C=O) groups is 3. The normalized spacial score (nSPS) is 11.0. The number of hydrazine groups is 1. The van der Waals surface area contributed by atoms with Gasteiger partial charge in [-0.05, 0) is 65.8 Å². The van der Waals surface area contributed by atoms with Crippen molar-refractivity contribution in [3.05, 3.63) is 70.8 Å². The maximum Gasteiger partial charge on any atom is 0.327 e. The largest absolute Gasteiger partial charge is 0.465 e. The molecule has 0 heterocycles. The summed E-state index contributed by atoms with van der Waals surface area (Å²) >= 11 is 0. The van der Waals surface area contributed by atoms with Gasteiger partial charge in [0, 0.05) is 11.1 Å². The fraction of sp³-hybridized carbons (Fsp3) is 0.375. The van der Waals surface area contributed by atoms with E-state index in [-0.39, 0.29) is 19.1 Å². The Morgan fingerprint density at radius 1 is 0.867 bits per heavy atom. The van der Waals surface area contributed by atoms with E-state index in [1.165, 1.54) is 10.0 Å². The Hall–Kier alpha value is -3.15. The summed E-state index contributed by atoms with van der Waals surface area (Å²) in [5.74, 6) is -1.39. The highest BCUT2D eigenvalue weighted by atomic mass is 16.5. The van der Waals surface area contributed by atoms with Gasteiger partial charge in [-0.1, -0.05) is 35.4 Å². The SMILES string of the molecule is CCOC(=O)CN(C(=O)c1cccc(C)c1)N(C(=O)c1cccc(C)c1)C(C)(C)C. The monoisotopic (exact) mass is 410 g/mol. The first-order valence-electron chi connectivity index (χ1n) is 10.00. The van der Waals surface area contributed by atoms with E-state index in [2.05, 4.69) is 0 Å². The summed E-state index contributed by atoms with van der Waals surface area (Å²) < 4.78 is 5.08. The van der Waals surface area contributed by atoms with Gasteiger partial charge in [-0.3, -0.25) is 14.4 Å². The second-order valence-electron chi connectivity index (χ2n) is 8.19. The molecule has 0 N–H and O–H groups in total. The van der Waals surface area contributed by atoms with Gasteiger partial charge in [0.25, 0.3) is 11.8 Å². The molecule has 0 radical (unpaired) electrons. The molecule has 0 saturated heterocycles. The molecular formula is C24H30N2O4. The number of ether oxygens (including phenoxy) is 1. The van der Waals surface area contributed by atoms with Crippen LogP contribution in [0.5, 0.6) is 0 Å². The number of nitrogens with zero attached hydrogens (tertiary/aromatic N) is 2. The number of hydrogen-bond donors (Lipinski definition) is 0. The second-order valence-corrected chi connectivity index (χ2v) is 8.19. The lowest BCUT2D eigenvalue weighted by Crippen LogP contribution is -2.59. The molecule has 0 spiro atoms. The van der Waals surface area contributed by atoms with Crippen molar-refractivity contribution in [1.29, 1.82) is 0 Å². The lowest BCUT2D eigenvalue weighted by molar-refractivity contribution is -0.148. The maximum absolute atomic E-state index is 13.5. The van der Waals surface area contributed by atoms with Crippen molar-refractivity contribution < 1.29 is 19.1 Å². The minimum absolute atomic E-state index is 0.187. The highest BCUT2D eigenvalue weighted by molar-refractivity contribution is 6.00. The molecule has 6 nitrogen and oxygen atoms in total. The number of amides is 2. The van der Waals surface area contributed by atoms with E-state index in [0.717, 1.165) is 11.1 Å². The maximum atomic E-state index is 13.5. The van der Waals surface area contributed by atoms with Gasteiger partial charge in [0.2, 0.25) is 0 Å². The van der Waals surface area contributed by atoms with E-state index in [1.807, 2.05) is 46.8 Å². The van der Waals surface area contributed by atoms with E-state index in [4.69, 9.17) is 4.74 Å². The van der Waals surface area contributed by atoms with Crippen molar-refractivity contribution in [3.63, 3.8) is 0 Å². The van der Waals surface area contributed by atoms with Crippen LogP contribution in [0, 0.1) is 13.8 Å². The standard InChI is InChI=1S/C24H30N2O4/c1-7-30-21(27)16-25(22(28)19-12-8-10-17(2)14-19)26(24(4,5)6)23(29)20-13-9-11-18(3)15-20/h8-15H,7,16H2,1-6H3. The average molecular weight is 411 g/mol. The van der Waals surface area contributed by atoms with Gasteiger partial charge >= 0.3 is 5.97 Å². The predicted molar refractivity (Wildman–Crippen MR) is 116 cm³/mol. The molecule has 0 aliphatic carbocycles. The van der Waals surface area contributed by atoms with E-state index in [0.29, 0.717) is 11.1 Å². The van der Waals surface area contributed by atoms with Gasteiger partial charge < -0.3 is 4.74 Å². The van der Waals surface area contributed by atoms with Crippen LogP contribution >= 0.6 is 0 Å². The van der Waals surface area contributed by atoms with Crippen molar-refractivity contribution >= 4 is 17.8 Å². The van der Waals surface area contributed by atoms with E-state index in [9.17, 15) is 14.4 Å². The van der Waals surface area contributed by atoms with Gasteiger partial charge in [0.1, 0.15) is 6.54 Å². The van der Waals surface area contributed by atoms with E-state index < -0.39 is 17.4 Å². The molecule has 0 aliphatic heterocycles. The first-order valence-corrected chi connectivity index (χ1v) is 10.00. The molecular weight excluding hydrogens is 380 g/mol. The summed E-state index contributed by atoms with van der Waals surface area (Å²) in [6.45, 7) is 10.8. The molecule has 160 valence electrons. The molecule has 0 aliphatic rings. The van der Waals surface area contributed by atoms with Crippen LogP contribution in [0.15, 0.2) is 48.5 Å². The van der Waals surface area contributed by atoms with Crippen LogP contribution in [0.1, 0.15) is 59.5 Å². The number of aryl methyl sites for hydroxylation is 2. The molecule has 2 amide bonds. The molecule has 0 unspecified atom stereocenters. The van der Waals surface area contributed by atoms with Crippen LogP contribution in [0.4, 0.5) is 0 Å². The number of hydrogen-bond acceptors (Lipinski definition) is 4. The smallest absolute Gasteiger partial charge is 0.327 e. The molecule has 0 atom stereocenters. The Kier molecular flexibility index (Phi) is 7.38. The summed E-state index contributed by atoms with van der Waals surface area (Å²) in [7, 11) is 0. The van der Waals surface area contributed by atoms with Crippen LogP contribution in [0.3, 0.4) is 0 Å². The van der Waals surface area contributed by atoms with Gasteiger partial charge in [-0.25, -0.2) is 10.0 Å². The second kappa shape index (κ2) is 9.57. The Balaban J connectivity index is 2.56. The molecule has 0 saturated carbocycles. The van der Waals surface area contributed by atoms with Crippen molar-refractivity contribution in [2.75, 3.05) is 13.2 Å². The summed E-state index contributed by atoms with van der Waals surface area (Å²) in [6.07, 6.45) is 0. The van der Waals surface area contributed by atoms with Gasteiger partial charge in [-0.15, -0.1) is 0 Å². The lowest BCUT2D eigenvalue weighted by Gasteiger charge is -2.43. The minimum atomic E-state index is -0.771. The first kappa shape index (κ1) is 23.1. The molecule has 6 heteroatoms. The highest BCUT2D eigenvalue weighted by Gasteiger charge is 2.37. The molecule has 2 rings (SSSR count). The summed E-state index contributed by atoms with van der Waals surface area (Å²) in [6, 6.07) is 14.2. The molecule has 0 bridgehead atoms. The fourth-order valence-corrected chi connectivity index (χ4v) is 3.17. The van der Waals surface area contributed by atoms with E-state index >= 15 is 0 Å². The Morgan fingerprint density at radius 3 is 1.80 bits per heavy atom. The number of esters is 1.